The third-order valence-corrected chi connectivity index (χ3v) is 27.3. The van der Waals surface area contributed by atoms with E-state index in [0.29, 0.717) is 78.5 Å². The first-order chi connectivity index (χ1) is 42.9. The maximum Gasteiger partial charge on any atom is 0.340 e. The summed E-state index contributed by atoms with van der Waals surface area (Å²) in [6.45, 7) is 2.83. The SMILES string of the molecule is CCC1(C=C2OC(=O)C3=C2CCC2C4CCC5(C6=CCC(C7C8C=CC9C#CC(CO)CC(CO)CC(C8)CC97)C(NC7CCC8CCCC(Cc9cnc[nH]9)C8C7O)SSCNC7=CC(=CCN7)C(CN7C(=O)C=CC7=O)C4=C5C(=O)O6)C32)CCCC1. The number of imidazole rings is 1. The zero-order valence-corrected chi connectivity index (χ0v) is 52.5. The standard InChI is InChI=1S/C71H88N6O9S2/c1-2-70(22-3-4-23-70)32-55-50-14-13-49-48-20-24-71(64(49)63(50)68(83)85-55)56-17-15-51(61-46-11-10-42-9-8-39(35-78)26-41(36-79)27-40(28-46)29-52(42)61)67(76-54-16-12-43-6-5-7-45(60(43)66(54)82)30-47-33-72-37-74-47)88-87-38-75-57-31-44(21-25-73-57)53(62(48)65(71)69(84)86-56)34-77-58(80)18-19-59(77)81/h10-11,17-19,21,31-33,37,39-43,45-46,48-49,51-54,60-61,64,66-67,73,75-76,78-79,82H,2-7,12-16,20,22-30,34-36,38H2,1H3,(H,72,74). The monoisotopic (exact) mass is 1230 g/mol. The van der Waals surface area contributed by atoms with Crippen molar-refractivity contribution in [2.24, 2.45) is 99.6 Å². The van der Waals surface area contributed by atoms with Gasteiger partial charge in [-0.3, -0.25) is 19.8 Å². The number of H-pyrrole nitrogens is 1. The van der Waals surface area contributed by atoms with Crippen LogP contribution in [0, 0.1) is 111 Å². The number of aliphatic hydroxyl groups excluding tert-OH is 3. The van der Waals surface area contributed by atoms with E-state index in [1.807, 2.05) is 17.0 Å². The van der Waals surface area contributed by atoms with Gasteiger partial charge in [0.05, 0.1) is 47.1 Å². The molecule has 1 aromatic heterocycles. The highest BCUT2D eigenvalue weighted by molar-refractivity contribution is 8.76. The second-order valence-corrected chi connectivity index (χ2v) is 31.5. The molecule has 15 aliphatic rings. The molecular weight excluding hydrogens is 1140 g/mol. The summed E-state index contributed by atoms with van der Waals surface area (Å²) in [6, 6.07) is -0.176. The molecule has 5 saturated carbocycles. The molecule has 19 atom stereocenters. The number of hydrogen-bond donors (Lipinski definition) is 7. The number of aromatic nitrogens is 2. The van der Waals surface area contributed by atoms with E-state index in [4.69, 9.17) is 9.47 Å². The fourth-order valence-corrected chi connectivity index (χ4v) is 23.5. The predicted octanol–water partition coefficient (Wildman–Crippen LogP) is 9.62. The highest BCUT2D eigenvalue weighted by Crippen LogP contribution is 2.72. The van der Waals surface area contributed by atoms with Crippen molar-refractivity contribution in [3.8, 4) is 11.8 Å². The summed E-state index contributed by atoms with van der Waals surface area (Å²) in [5.41, 5.74) is 4.19. The summed E-state index contributed by atoms with van der Waals surface area (Å²) in [5.74, 6) is 8.86. The van der Waals surface area contributed by atoms with Crippen LogP contribution in [0.5, 0.6) is 0 Å². The fraction of sp³-hybridized carbons (Fsp3) is 0.648. The van der Waals surface area contributed by atoms with Crippen LogP contribution in [0.25, 0.3) is 0 Å². The molecule has 1 saturated heterocycles. The zero-order chi connectivity index (χ0) is 60.0. The van der Waals surface area contributed by atoms with Crippen molar-refractivity contribution in [1.82, 2.24) is 30.8 Å². The van der Waals surface area contributed by atoms with E-state index in [0.717, 1.165) is 131 Å². The van der Waals surface area contributed by atoms with Crippen LogP contribution in [-0.4, -0.2) is 104 Å². The molecule has 1 spiro atoms. The van der Waals surface area contributed by atoms with Crippen molar-refractivity contribution in [1.29, 1.82) is 0 Å². The average molecular weight is 1230 g/mol. The molecule has 6 fully saturated rings. The van der Waals surface area contributed by atoms with Gasteiger partial charge in [-0.1, -0.05) is 84.3 Å². The quantitative estimate of drug-likeness (QED) is 0.0361. The zero-order valence-electron chi connectivity index (χ0n) is 50.8. The Labute approximate surface area is 525 Å². The molecule has 15 nitrogen and oxygen atoms in total. The first-order valence-corrected chi connectivity index (χ1v) is 36.2. The van der Waals surface area contributed by atoms with Crippen LogP contribution in [0.3, 0.4) is 0 Å². The smallest absolute Gasteiger partial charge is 0.340 e. The van der Waals surface area contributed by atoms with E-state index in [1.165, 1.54) is 17.1 Å². The maximum atomic E-state index is 15.9. The summed E-state index contributed by atoms with van der Waals surface area (Å²) in [5, 5.41) is 46.1. The number of carbonyl (C=O) groups excluding carboxylic acids is 4. The van der Waals surface area contributed by atoms with Gasteiger partial charge < -0.3 is 40.4 Å². The van der Waals surface area contributed by atoms with Crippen molar-refractivity contribution >= 4 is 45.3 Å². The number of carbonyl (C=O) groups is 4. The summed E-state index contributed by atoms with van der Waals surface area (Å²) in [7, 11) is 3.60. The Kier molecular flexibility index (Phi) is 16.3. The Morgan fingerprint density at radius 3 is 2.55 bits per heavy atom. The van der Waals surface area contributed by atoms with Crippen LogP contribution >= 0.6 is 21.6 Å². The molecular formula is C71H88N6O9S2. The third kappa shape index (κ3) is 10.3. The largest absolute Gasteiger partial charge is 0.427 e. The van der Waals surface area contributed by atoms with Gasteiger partial charge in [-0.25, -0.2) is 14.6 Å². The van der Waals surface area contributed by atoms with Crippen LogP contribution in [0.2, 0.25) is 0 Å². The van der Waals surface area contributed by atoms with Gasteiger partial charge in [0.1, 0.15) is 11.5 Å². The summed E-state index contributed by atoms with van der Waals surface area (Å²) >= 11 is 0. The van der Waals surface area contributed by atoms with Crippen LogP contribution in [0.1, 0.15) is 135 Å². The number of ether oxygens (including phenoxy) is 2. The number of esters is 2. The predicted molar refractivity (Wildman–Crippen MR) is 336 cm³/mol. The highest BCUT2D eigenvalue weighted by Gasteiger charge is 2.69. The van der Waals surface area contributed by atoms with Crippen molar-refractivity contribution in [3.05, 3.63) is 112 Å². The topological polar surface area (TPSA) is 215 Å². The molecule has 17 heteroatoms. The summed E-state index contributed by atoms with van der Waals surface area (Å²) in [6.07, 6.45) is 37.7. The Hall–Kier alpha value is -5.09. The lowest BCUT2D eigenvalue weighted by Gasteiger charge is -2.57. The van der Waals surface area contributed by atoms with E-state index >= 15 is 9.59 Å². The fourth-order valence-electron chi connectivity index (χ4n) is 21.0. The Balaban J connectivity index is 0.894. The number of imide groups is 1. The normalized spacial score (nSPS) is 41.1. The van der Waals surface area contributed by atoms with E-state index < -0.39 is 29.3 Å². The van der Waals surface area contributed by atoms with Crippen LogP contribution < -0.4 is 16.0 Å². The van der Waals surface area contributed by atoms with Gasteiger partial charge in [0.2, 0.25) is 0 Å². The minimum Gasteiger partial charge on any atom is -0.427 e. The highest BCUT2D eigenvalue weighted by atomic mass is 33.1. The molecule has 468 valence electrons. The molecule has 5 aliphatic heterocycles. The van der Waals surface area contributed by atoms with Crippen LogP contribution in [0.15, 0.2) is 106 Å². The van der Waals surface area contributed by atoms with E-state index in [9.17, 15) is 24.9 Å². The van der Waals surface area contributed by atoms with Gasteiger partial charge in [0.15, 0.2) is 0 Å². The number of hydrogen-bond acceptors (Lipinski definition) is 15. The molecule has 1 aromatic rings. The van der Waals surface area contributed by atoms with Gasteiger partial charge in [-0.05, 0) is 203 Å². The molecule has 16 rings (SSSR count). The number of aromatic amines is 1. The minimum absolute atomic E-state index is 0.0355. The number of dihydropyridines is 1. The molecule has 2 amide bonds. The third-order valence-electron chi connectivity index (χ3n) is 24.8. The van der Waals surface area contributed by atoms with Crippen molar-refractivity contribution < 1.29 is 44.0 Å². The molecule has 0 radical (unpaired) electrons. The van der Waals surface area contributed by atoms with E-state index in [-0.39, 0.29) is 114 Å². The average Bonchev–Trinajstić information content (AvgIpc) is 1.37. The van der Waals surface area contributed by atoms with Crippen molar-refractivity contribution in [3.63, 3.8) is 0 Å². The van der Waals surface area contributed by atoms with Gasteiger partial charge in [-0.15, -0.1) is 0 Å². The van der Waals surface area contributed by atoms with E-state index in [1.54, 1.807) is 17.1 Å². The van der Waals surface area contributed by atoms with Crippen LogP contribution in [-0.2, 0) is 35.1 Å². The molecule has 6 heterocycles. The number of nitrogens with one attached hydrogen (secondary N) is 4. The maximum absolute atomic E-state index is 15.9. The minimum atomic E-state index is -1.03. The second kappa shape index (κ2) is 24.2. The van der Waals surface area contributed by atoms with Crippen molar-refractivity contribution in [2.75, 3.05) is 32.2 Å². The number of rotatable bonds is 11. The Morgan fingerprint density at radius 1 is 0.875 bits per heavy atom. The lowest BCUT2D eigenvalue weighted by atomic mass is 9.43. The van der Waals surface area contributed by atoms with Gasteiger partial charge in [-0.2, -0.15) is 0 Å². The lowest BCUT2D eigenvalue weighted by molar-refractivity contribution is -0.138. The Bertz CT molecular complexity index is 3270. The molecule has 10 aliphatic carbocycles. The number of allylic oxidation sites excluding steroid dienone is 7. The number of amides is 2. The number of nitrogens with zero attached hydrogens (tertiary/aromatic N) is 2. The lowest BCUT2D eigenvalue weighted by Crippen LogP contribution is -2.57. The number of cyclic esters (lactones) is 1. The van der Waals surface area contributed by atoms with Gasteiger partial charge >= 0.3 is 11.9 Å². The molecule has 19 unspecified atom stereocenters. The van der Waals surface area contributed by atoms with Crippen molar-refractivity contribution in [2.45, 2.75) is 153 Å². The van der Waals surface area contributed by atoms with Gasteiger partial charge in [0.25, 0.3) is 11.8 Å². The molecule has 0 aromatic carbocycles. The van der Waals surface area contributed by atoms with Crippen LogP contribution in [0.4, 0.5) is 0 Å². The molecule has 10 bridgehead atoms. The number of fused-ring (bicyclic) bond motifs is 5. The number of aliphatic hydroxyl groups is 3. The molecule has 7 N–H and O–H groups in total. The Morgan fingerprint density at radius 2 is 1.74 bits per heavy atom. The summed E-state index contributed by atoms with van der Waals surface area (Å²) in [4.78, 5) is 67.6. The first-order valence-electron chi connectivity index (χ1n) is 33.8. The van der Waals surface area contributed by atoms with E-state index in [2.05, 4.69) is 81.1 Å². The second-order valence-electron chi connectivity index (χ2n) is 29.0. The first kappa shape index (κ1) is 59.2. The molecule has 88 heavy (non-hydrogen) atoms. The summed E-state index contributed by atoms with van der Waals surface area (Å²) < 4.78 is 13.6. The van der Waals surface area contributed by atoms with Gasteiger partial charge in [0, 0.05) is 84.6 Å².